The molecule has 0 saturated heterocycles. The molecule has 0 amide bonds. The topological polar surface area (TPSA) is 137 Å². The Kier molecular flexibility index (Phi) is 6.66. The van der Waals surface area contributed by atoms with Crippen LogP contribution in [-0.2, 0) is 11.4 Å². The molecule has 0 atom stereocenters. The van der Waals surface area contributed by atoms with Gasteiger partial charge in [-0.1, -0.05) is 17.3 Å². The zero-order valence-electron chi connectivity index (χ0n) is 13.3. The van der Waals surface area contributed by atoms with E-state index in [1.54, 1.807) is 18.2 Å². The van der Waals surface area contributed by atoms with Gasteiger partial charge in [0.05, 0.1) is 17.5 Å². The predicted octanol–water partition coefficient (Wildman–Crippen LogP) is 0.292. The summed E-state index contributed by atoms with van der Waals surface area (Å²) >= 11 is 0. The summed E-state index contributed by atoms with van der Waals surface area (Å²) in [5.74, 6) is -0.949. The molecule has 0 unspecified atom stereocenters. The van der Waals surface area contributed by atoms with Crippen LogP contribution >= 0.6 is 0 Å². The number of aromatic amines is 2. The Morgan fingerprint density at radius 2 is 2.12 bits per heavy atom. The molecule has 0 spiro atoms. The number of aromatic nitrogens is 2. The summed E-state index contributed by atoms with van der Waals surface area (Å²) in [5.41, 5.74) is 0.281. The normalized spacial score (nSPS) is 10.9. The third-order valence-electron chi connectivity index (χ3n) is 3.14. The van der Waals surface area contributed by atoms with Crippen molar-refractivity contribution >= 4 is 12.2 Å². The first-order valence-corrected chi connectivity index (χ1v) is 7.56. The second-order valence-electron chi connectivity index (χ2n) is 5.15. The monoisotopic (exact) mass is 346 g/mol. The smallest absolute Gasteiger partial charge is 0.335 e. The first kappa shape index (κ1) is 18.1. The Morgan fingerprint density at radius 1 is 1.28 bits per heavy atom. The molecule has 1 aromatic heterocycles. The van der Waals surface area contributed by atoms with E-state index in [1.807, 2.05) is 11.1 Å². The fourth-order valence-electron chi connectivity index (χ4n) is 2.01. The van der Waals surface area contributed by atoms with Crippen LogP contribution in [0.5, 0.6) is 0 Å². The number of rotatable bonds is 9. The first-order chi connectivity index (χ1) is 12.0. The zero-order chi connectivity index (χ0) is 18.1. The lowest BCUT2D eigenvalue weighted by Gasteiger charge is -2.05. The molecule has 9 nitrogen and oxygen atoms in total. The highest BCUT2D eigenvalue weighted by Crippen LogP contribution is 2.04. The molecule has 0 saturated carbocycles. The zero-order valence-corrected chi connectivity index (χ0v) is 13.3. The van der Waals surface area contributed by atoms with Crippen LogP contribution in [0, 0.1) is 0 Å². The fraction of sp³-hybridized carbons (Fsp3) is 0.250. The second kappa shape index (κ2) is 9.18. The lowest BCUT2D eigenvalue weighted by atomic mass is 10.1. The maximum atomic E-state index is 11.1. The average Bonchev–Trinajstić information content (AvgIpc) is 2.56. The Morgan fingerprint density at radius 3 is 2.88 bits per heavy atom. The van der Waals surface area contributed by atoms with Crippen LogP contribution in [0.15, 0.2) is 45.1 Å². The summed E-state index contributed by atoms with van der Waals surface area (Å²) in [6.45, 7) is 1.57. The molecule has 1 aromatic carbocycles. The number of H-pyrrole nitrogens is 2. The molecule has 1 heterocycles. The third-order valence-corrected chi connectivity index (χ3v) is 3.14. The first-order valence-electron chi connectivity index (χ1n) is 7.56. The van der Waals surface area contributed by atoms with E-state index in [1.165, 1.54) is 12.3 Å². The van der Waals surface area contributed by atoms with E-state index < -0.39 is 17.2 Å². The number of nitrogens with zero attached hydrogens (tertiary/aromatic N) is 1. The van der Waals surface area contributed by atoms with Crippen molar-refractivity contribution in [2.24, 2.45) is 5.16 Å². The molecule has 25 heavy (non-hydrogen) atoms. The van der Waals surface area contributed by atoms with Crippen molar-refractivity contribution in [3.05, 3.63) is 68.0 Å². The number of carbonyl (C=O) groups is 1. The summed E-state index contributed by atoms with van der Waals surface area (Å²) in [5, 5.41) is 15.8. The number of aromatic carboxylic acids is 1. The Bertz CT molecular complexity index is 828. The predicted molar refractivity (Wildman–Crippen MR) is 91.0 cm³/mol. The number of nitrogens with one attached hydrogen (secondary N) is 3. The molecule has 9 heteroatoms. The molecule has 2 aromatic rings. The minimum atomic E-state index is -0.949. The SMILES string of the molecule is O=C(O)c1cccc(CNCCCO/N=C/c2cc(=O)[nH]c(=O)[nH]2)c1. The molecule has 0 radical (unpaired) electrons. The minimum absolute atomic E-state index is 0.255. The highest BCUT2D eigenvalue weighted by atomic mass is 16.6. The average molecular weight is 346 g/mol. The molecule has 0 aliphatic carbocycles. The van der Waals surface area contributed by atoms with Crippen molar-refractivity contribution in [3.8, 4) is 0 Å². The number of oxime groups is 1. The lowest BCUT2D eigenvalue weighted by molar-refractivity contribution is 0.0696. The Balaban J connectivity index is 1.64. The van der Waals surface area contributed by atoms with Gasteiger partial charge in [0.25, 0.3) is 5.56 Å². The molecule has 4 N–H and O–H groups in total. The van der Waals surface area contributed by atoms with Gasteiger partial charge in [-0.05, 0) is 30.7 Å². The van der Waals surface area contributed by atoms with Gasteiger partial charge in [0.2, 0.25) is 0 Å². The van der Waals surface area contributed by atoms with Gasteiger partial charge >= 0.3 is 11.7 Å². The van der Waals surface area contributed by atoms with Gasteiger partial charge < -0.3 is 20.2 Å². The molecule has 0 aliphatic heterocycles. The van der Waals surface area contributed by atoms with Crippen LogP contribution in [0.3, 0.4) is 0 Å². The lowest BCUT2D eigenvalue weighted by Crippen LogP contribution is -2.22. The van der Waals surface area contributed by atoms with E-state index in [4.69, 9.17) is 9.94 Å². The number of carboxylic acid groups (broad SMARTS) is 1. The van der Waals surface area contributed by atoms with Crippen molar-refractivity contribution in [2.75, 3.05) is 13.2 Å². The van der Waals surface area contributed by atoms with E-state index in [0.29, 0.717) is 26.1 Å². The maximum Gasteiger partial charge on any atom is 0.335 e. The van der Waals surface area contributed by atoms with Crippen LogP contribution in [0.2, 0.25) is 0 Å². The summed E-state index contributed by atoms with van der Waals surface area (Å²) in [4.78, 5) is 42.5. The number of carboxylic acids is 1. The van der Waals surface area contributed by atoms with E-state index in [2.05, 4.69) is 15.5 Å². The maximum absolute atomic E-state index is 11.1. The van der Waals surface area contributed by atoms with Gasteiger partial charge in [0.15, 0.2) is 0 Å². The van der Waals surface area contributed by atoms with Crippen molar-refractivity contribution in [2.45, 2.75) is 13.0 Å². The van der Waals surface area contributed by atoms with Gasteiger partial charge in [0, 0.05) is 12.6 Å². The van der Waals surface area contributed by atoms with Gasteiger partial charge in [-0.3, -0.25) is 9.78 Å². The fourth-order valence-corrected chi connectivity index (χ4v) is 2.01. The van der Waals surface area contributed by atoms with Crippen LogP contribution in [0.25, 0.3) is 0 Å². The van der Waals surface area contributed by atoms with Gasteiger partial charge in [-0.25, -0.2) is 9.59 Å². The van der Waals surface area contributed by atoms with Crippen molar-refractivity contribution in [1.82, 2.24) is 15.3 Å². The summed E-state index contributed by atoms with van der Waals surface area (Å²) < 4.78 is 0. The van der Waals surface area contributed by atoms with Crippen LogP contribution in [0.4, 0.5) is 0 Å². The van der Waals surface area contributed by atoms with Gasteiger partial charge in [0.1, 0.15) is 6.61 Å². The summed E-state index contributed by atoms with van der Waals surface area (Å²) in [7, 11) is 0. The van der Waals surface area contributed by atoms with Crippen molar-refractivity contribution in [3.63, 3.8) is 0 Å². The van der Waals surface area contributed by atoms with Crippen LogP contribution in [-0.4, -0.2) is 40.4 Å². The largest absolute Gasteiger partial charge is 0.478 e. The standard InChI is InChI=1S/C16H18N4O5/c21-14-8-13(19-16(24)20-14)10-18-25-6-2-5-17-9-11-3-1-4-12(7-11)15(22)23/h1,3-4,7-8,10,17H,2,5-6,9H2,(H,22,23)(H2,19,20,21,24)/b18-10+. The molecule has 0 bridgehead atoms. The summed E-state index contributed by atoms with van der Waals surface area (Å²) in [6, 6.07) is 7.92. The number of hydrogen-bond acceptors (Lipinski definition) is 6. The van der Waals surface area contributed by atoms with E-state index in [-0.39, 0.29) is 11.3 Å². The van der Waals surface area contributed by atoms with Crippen LogP contribution < -0.4 is 16.6 Å². The Hall–Kier alpha value is -3.20. The van der Waals surface area contributed by atoms with Crippen molar-refractivity contribution < 1.29 is 14.7 Å². The van der Waals surface area contributed by atoms with Crippen molar-refractivity contribution in [1.29, 1.82) is 0 Å². The molecular weight excluding hydrogens is 328 g/mol. The molecule has 0 aliphatic rings. The highest BCUT2D eigenvalue weighted by Gasteiger charge is 2.02. The van der Waals surface area contributed by atoms with E-state index in [9.17, 15) is 14.4 Å². The van der Waals surface area contributed by atoms with Crippen LogP contribution in [0.1, 0.15) is 28.0 Å². The Labute approximate surface area is 142 Å². The quantitative estimate of drug-likeness (QED) is 0.293. The highest BCUT2D eigenvalue weighted by molar-refractivity contribution is 5.87. The molecule has 2 rings (SSSR count). The van der Waals surface area contributed by atoms with E-state index in [0.717, 1.165) is 5.56 Å². The number of benzene rings is 1. The number of hydrogen-bond donors (Lipinski definition) is 4. The molecule has 132 valence electrons. The summed E-state index contributed by atoms with van der Waals surface area (Å²) in [6.07, 6.45) is 1.93. The third kappa shape index (κ3) is 6.43. The molecule has 0 fully saturated rings. The second-order valence-corrected chi connectivity index (χ2v) is 5.15. The minimum Gasteiger partial charge on any atom is -0.478 e. The van der Waals surface area contributed by atoms with Gasteiger partial charge in [-0.2, -0.15) is 0 Å². The molecular formula is C16H18N4O5. The van der Waals surface area contributed by atoms with Gasteiger partial charge in [-0.15, -0.1) is 0 Å². The van der Waals surface area contributed by atoms with E-state index >= 15 is 0 Å².